The van der Waals surface area contributed by atoms with Gasteiger partial charge in [0, 0.05) is 0 Å². The van der Waals surface area contributed by atoms with Crippen LogP contribution in [-0.2, 0) is 11.5 Å². The molecule has 0 fully saturated rings. The van der Waals surface area contributed by atoms with Gasteiger partial charge in [-0.3, -0.25) is 14.3 Å². The summed E-state index contributed by atoms with van der Waals surface area (Å²) in [5, 5.41) is 34.5. The molecular formula is C14H23N5O6. The van der Waals surface area contributed by atoms with Crippen molar-refractivity contribution in [1.82, 2.24) is 19.5 Å². The Hall–Kier alpha value is -2.47. The van der Waals surface area contributed by atoms with Gasteiger partial charge < -0.3 is 30.9 Å². The van der Waals surface area contributed by atoms with Crippen LogP contribution < -0.4 is 11.3 Å². The highest BCUT2D eigenvalue weighted by Crippen LogP contribution is 2.06. The normalized spacial score (nSPS) is 11.7. The third-order valence-corrected chi connectivity index (χ3v) is 2.96. The predicted molar refractivity (Wildman–Crippen MR) is 89.7 cm³/mol. The number of H-pyrrole nitrogens is 1. The summed E-state index contributed by atoms with van der Waals surface area (Å²) < 4.78 is 6.63. The molecule has 2 rings (SSSR count). The van der Waals surface area contributed by atoms with Crippen LogP contribution in [0.25, 0.3) is 11.2 Å². The maximum atomic E-state index is 11.4. The van der Waals surface area contributed by atoms with Crippen molar-refractivity contribution >= 4 is 17.1 Å². The molecule has 140 valence electrons. The summed E-state index contributed by atoms with van der Waals surface area (Å²) in [4.78, 5) is 21.6. The monoisotopic (exact) mass is 357 g/mol. The Kier molecular flexibility index (Phi) is 8.01. The Bertz CT molecular complexity index is 765. The minimum Gasteiger partial charge on any atom is -0.510 e. The molecule has 0 aliphatic carbocycles. The fraction of sp³-hybridized carbons (Fsp3) is 0.500. The topological polar surface area (TPSA) is 180 Å². The first-order chi connectivity index (χ1) is 11.8. The summed E-state index contributed by atoms with van der Waals surface area (Å²) in [6.07, 6.45) is 0.319. The van der Waals surface area contributed by atoms with Crippen molar-refractivity contribution in [2.24, 2.45) is 0 Å². The van der Waals surface area contributed by atoms with Crippen molar-refractivity contribution < 1.29 is 25.2 Å². The van der Waals surface area contributed by atoms with Crippen molar-refractivity contribution in [3.63, 3.8) is 0 Å². The minimum atomic E-state index is -1.12. The fourth-order valence-corrected chi connectivity index (χ4v) is 1.71. The van der Waals surface area contributed by atoms with Gasteiger partial charge in [0.2, 0.25) is 5.95 Å². The summed E-state index contributed by atoms with van der Waals surface area (Å²) in [6.45, 7) is 3.19. The average Bonchev–Trinajstić information content (AvgIpc) is 2.97. The van der Waals surface area contributed by atoms with E-state index in [1.807, 2.05) is 0 Å². The van der Waals surface area contributed by atoms with Crippen molar-refractivity contribution in [3.8, 4) is 0 Å². The molecule has 11 nitrogen and oxygen atoms in total. The van der Waals surface area contributed by atoms with E-state index >= 15 is 0 Å². The van der Waals surface area contributed by atoms with Crippen LogP contribution in [0.5, 0.6) is 0 Å². The molecule has 0 spiro atoms. The first kappa shape index (κ1) is 20.6. The van der Waals surface area contributed by atoms with Gasteiger partial charge in [-0.2, -0.15) is 4.98 Å². The molecule has 25 heavy (non-hydrogen) atoms. The number of nitrogens with two attached hydrogens (primary N) is 1. The molecule has 0 aliphatic rings. The van der Waals surface area contributed by atoms with Crippen LogP contribution in [0.1, 0.15) is 13.8 Å². The number of imidazole rings is 1. The highest BCUT2D eigenvalue weighted by Gasteiger charge is 2.09. The Morgan fingerprint density at radius 3 is 2.64 bits per heavy atom. The molecule has 2 aromatic heterocycles. The van der Waals surface area contributed by atoms with E-state index in [1.165, 1.54) is 10.9 Å². The van der Waals surface area contributed by atoms with Crippen LogP contribution in [0.3, 0.4) is 0 Å². The van der Waals surface area contributed by atoms with Gasteiger partial charge in [0.1, 0.15) is 18.6 Å². The largest absolute Gasteiger partial charge is 0.510 e. The van der Waals surface area contributed by atoms with Crippen LogP contribution in [0.2, 0.25) is 0 Å². The van der Waals surface area contributed by atoms with Gasteiger partial charge in [-0.1, -0.05) is 0 Å². The first-order valence-corrected chi connectivity index (χ1v) is 7.36. The van der Waals surface area contributed by atoms with Crippen LogP contribution in [0.4, 0.5) is 5.95 Å². The smallest absolute Gasteiger partial charge is 0.280 e. The van der Waals surface area contributed by atoms with Crippen molar-refractivity contribution in [2.45, 2.75) is 26.7 Å². The molecular weight excluding hydrogens is 334 g/mol. The molecule has 0 aliphatic heterocycles. The quantitative estimate of drug-likeness (QED) is 0.275. The molecule has 11 heteroatoms. The highest BCUT2D eigenvalue weighted by molar-refractivity contribution is 5.70. The molecule has 0 amide bonds. The number of nitrogens with one attached hydrogen (secondary N) is 1. The molecule has 2 aromatic rings. The maximum absolute atomic E-state index is 11.4. The Labute approximate surface area is 143 Å². The second-order valence-electron chi connectivity index (χ2n) is 5.18. The minimum absolute atomic E-state index is 0.0291. The standard InChI is InChI=1S/C8H11N5O3.C6H12O3/c9-8-11-6-5(7(15)12-8)10-3-13(6)4-16-2-1-14;1-4(2)6(9)5(8)3-7/h3,14H,1-2,4H2,(H3,9,11,12,15);5,7-9H,3H2,1-2H3. The zero-order chi connectivity index (χ0) is 19.0. The van der Waals surface area contributed by atoms with Crippen molar-refractivity contribution in [3.05, 3.63) is 28.0 Å². The molecule has 1 unspecified atom stereocenters. The summed E-state index contributed by atoms with van der Waals surface area (Å²) in [6, 6.07) is 0. The van der Waals surface area contributed by atoms with Crippen LogP contribution in [0.15, 0.2) is 22.5 Å². The van der Waals surface area contributed by atoms with Crippen molar-refractivity contribution in [1.29, 1.82) is 0 Å². The first-order valence-electron chi connectivity index (χ1n) is 7.36. The van der Waals surface area contributed by atoms with E-state index in [0.717, 1.165) is 0 Å². The second kappa shape index (κ2) is 9.74. The van der Waals surface area contributed by atoms with E-state index in [9.17, 15) is 4.79 Å². The molecule has 1 atom stereocenters. The predicted octanol–water partition coefficient (Wildman–Crippen LogP) is -1.14. The third-order valence-electron chi connectivity index (χ3n) is 2.96. The van der Waals surface area contributed by atoms with Gasteiger partial charge in [0.25, 0.3) is 5.56 Å². The van der Waals surface area contributed by atoms with Crippen LogP contribution in [0, 0.1) is 0 Å². The van der Waals surface area contributed by atoms with E-state index in [0.29, 0.717) is 11.2 Å². The average molecular weight is 357 g/mol. The number of rotatable bonds is 6. The SMILES string of the molecule is CC(C)=C(O)C(O)CO.Nc1nc2c(ncn2COCCO)c(=O)[nH]1. The molecule has 0 bridgehead atoms. The lowest BCUT2D eigenvalue weighted by molar-refractivity contribution is 0.0499. The number of nitrogen functional groups attached to an aromatic ring is 1. The molecule has 0 saturated heterocycles. The lowest BCUT2D eigenvalue weighted by Gasteiger charge is -2.06. The van der Waals surface area contributed by atoms with Crippen molar-refractivity contribution in [2.75, 3.05) is 25.6 Å². The molecule has 0 aromatic carbocycles. The zero-order valence-electron chi connectivity index (χ0n) is 14.0. The number of aromatic amines is 1. The van der Waals surface area contributed by atoms with E-state index in [4.69, 9.17) is 30.9 Å². The second-order valence-corrected chi connectivity index (χ2v) is 5.18. The Morgan fingerprint density at radius 2 is 2.12 bits per heavy atom. The van der Waals surface area contributed by atoms with E-state index in [1.54, 1.807) is 13.8 Å². The lowest BCUT2D eigenvalue weighted by Crippen LogP contribution is -2.15. The summed E-state index contributed by atoms with van der Waals surface area (Å²) >= 11 is 0. The Balaban J connectivity index is 0.000000299. The molecule has 7 N–H and O–H groups in total. The summed E-state index contributed by atoms with van der Waals surface area (Å²) in [5.41, 5.74) is 6.23. The number of ether oxygens (including phenoxy) is 1. The lowest BCUT2D eigenvalue weighted by atomic mass is 10.2. The number of nitrogens with zero attached hydrogens (tertiary/aromatic N) is 3. The maximum Gasteiger partial charge on any atom is 0.280 e. The van der Waals surface area contributed by atoms with Gasteiger partial charge in [-0.15, -0.1) is 0 Å². The zero-order valence-corrected chi connectivity index (χ0v) is 14.0. The number of aromatic nitrogens is 4. The molecule has 0 radical (unpaired) electrons. The van der Waals surface area contributed by atoms with Crippen LogP contribution in [-0.4, -0.2) is 65.9 Å². The molecule has 0 saturated carbocycles. The fourth-order valence-electron chi connectivity index (χ4n) is 1.71. The number of fused-ring (bicyclic) bond motifs is 1. The van der Waals surface area contributed by atoms with Gasteiger partial charge in [0.15, 0.2) is 11.2 Å². The summed E-state index contributed by atoms with van der Waals surface area (Å²) in [5.74, 6) is -0.112. The third kappa shape index (κ3) is 5.83. The van der Waals surface area contributed by atoms with Gasteiger partial charge >= 0.3 is 0 Å². The van der Waals surface area contributed by atoms with E-state index in [2.05, 4.69) is 15.0 Å². The number of aliphatic hydroxyl groups excluding tert-OH is 4. The Morgan fingerprint density at radius 1 is 1.44 bits per heavy atom. The van der Waals surface area contributed by atoms with E-state index < -0.39 is 12.7 Å². The van der Waals surface area contributed by atoms with Gasteiger partial charge in [-0.05, 0) is 19.4 Å². The highest BCUT2D eigenvalue weighted by atomic mass is 16.5. The van der Waals surface area contributed by atoms with E-state index in [-0.39, 0.29) is 42.7 Å². The van der Waals surface area contributed by atoms with Crippen LogP contribution >= 0.6 is 0 Å². The summed E-state index contributed by atoms with van der Waals surface area (Å²) in [7, 11) is 0. The number of anilines is 1. The number of allylic oxidation sites excluding steroid dienone is 1. The number of hydrogen-bond acceptors (Lipinski definition) is 9. The number of hydrogen-bond donors (Lipinski definition) is 6. The van der Waals surface area contributed by atoms with Gasteiger partial charge in [-0.25, -0.2) is 4.98 Å². The number of aliphatic hydroxyl groups is 4. The van der Waals surface area contributed by atoms with Gasteiger partial charge in [0.05, 0.1) is 26.1 Å². The molecule has 2 heterocycles.